The first kappa shape index (κ1) is 20.0. The highest BCUT2D eigenvalue weighted by Gasteiger charge is 2.36. The van der Waals surface area contributed by atoms with Crippen LogP contribution in [0.2, 0.25) is 0 Å². The Balaban J connectivity index is 1.34. The second-order valence-corrected chi connectivity index (χ2v) is 9.29. The summed E-state index contributed by atoms with van der Waals surface area (Å²) in [4.78, 5) is 17.0. The molecule has 1 N–H and O–H groups in total. The van der Waals surface area contributed by atoms with E-state index in [0.29, 0.717) is 28.3 Å². The van der Waals surface area contributed by atoms with Crippen LogP contribution in [0.15, 0.2) is 84.0 Å². The van der Waals surface area contributed by atoms with Gasteiger partial charge in [-0.3, -0.25) is 14.1 Å². The molecule has 0 radical (unpaired) electrons. The first-order chi connectivity index (χ1) is 15.4. The van der Waals surface area contributed by atoms with Gasteiger partial charge in [0, 0.05) is 17.3 Å². The molecular formula is C24H19N3O4S. The van der Waals surface area contributed by atoms with Crippen molar-refractivity contribution in [1.82, 2.24) is 4.98 Å². The van der Waals surface area contributed by atoms with Gasteiger partial charge in [-0.25, -0.2) is 8.42 Å². The standard InChI is InChI=1S/C24H19N3O4S/c1-16-13-18(10-11-21(16)31-19-7-4-12-25-14-19)26-23(28)15-27-20-8-2-5-17-6-3-9-22(24(17)20)32(27,29)30/h2-14H,15H2,1H3,(H,26,28). The summed E-state index contributed by atoms with van der Waals surface area (Å²) in [7, 11) is -3.79. The lowest BCUT2D eigenvalue weighted by Gasteiger charge is -2.18. The van der Waals surface area contributed by atoms with Crippen molar-refractivity contribution >= 4 is 38.1 Å². The zero-order valence-corrected chi connectivity index (χ0v) is 18.0. The molecular weight excluding hydrogens is 426 g/mol. The number of hydrogen-bond donors (Lipinski definition) is 1. The Bertz CT molecular complexity index is 1450. The predicted octanol–water partition coefficient (Wildman–Crippen LogP) is 4.48. The number of aromatic nitrogens is 1. The third-order valence-electron chi connectivity index (χ3n) is 5.29. The molecule has 0 spiro atoms. The summed E-state index contributed by atoms with van der Waals surface area (Å²) in [6, 6.07) is 19.3. The number of carbonyl (C=O) groups excluding carboxylic acids is 1. The summed E-state index contributed by atoms with van der Waals surface area (Å²) in [6.07, 6.45) is 3.28. The Morgan fingerprint density at radius 1 is 1.06 bits per heavy atom. The molecule has 0 unspecified atom stereocenters. The van der Waals surface area contributed by atoms with Gasteiger partial charge in [0.05, 0.1) is 16.8 Å². The van der Waals surface area contributed by atoms with Crippen molar-refractivity contribution in [3.8, 4) is 11.5 Å². The van der Waals surface area contributed by atoms with E-state index >= 15 is 0 Å². The third kappa shape index (κ3) is 3.44. The van der Waals surface area contributed by atoms with E-state index in [9.17, 15) is 13.2 Å². The Morgan fingerprint density at radius 3 is 2.62 bits per heavy atom. The summed E-state index contributed by atoms with van der Waals surface area (Å²) >= 11 is 0. The number of hydrogen-bond acceptors (Lipinski definition) is 5. The number of ether oxygens (including phenoxy) is 1. The number of nitrogens with one attached hydrogen (secondary N) is 1. The van der Waals surface area contributed by atoms with Gasteiger partial charge in [-0.15, -0.1) is 0 Å². The highest BCUT2D eigenvalue weighted by atomic mass is 32.2. The summed E-state index contributed by atoms with van der Waals surface area (Å²) in [5.74, 6) is 0.819. The fourth-order valence-electron chi connectivity index (χ4n) is 3.84. The SMILES string of the molecule is Cc1cc(NC(=O)CN2c3cccc4cccc(c34)S2(=O)=O)ccc1Oc1cccnc1. The molecule has 1 aliphatic heterocycles. The van der Waals surface area contributed by atoms with E-state index in [1.165, 1.54) is 0 Å². The molecule has 0 saturated carbocycles. The van der Waals surface area contributed by atoms with Crippen LogP contribution in [0.25, 0.3) is 10.8 Å². The van der Waals surface area contributed by atoms with E-state index < -0.39 is 15.9 Å². The number of amides is 1. The molecule has 0 fully saturated rings. The smallest absolute Gasteiger partial charge is 0.265 e. The number of carbonyl (C=O) groups is 1. The van der Waals surface area contributed by atoms with Gasteiger partial charge in [-0.1, -0.05) is 24.3 Å². The number of aryl methyl sites for hydroxylation is 1. The lowest BCUT2D eigenvalue weighted by Crippen LogP contribution is -2.35. The van der Waals surface area contributed by atoms with Crippen LogP contribution in [0.3, 0.4) is 0 Å². The molecule has 1 amide bonds. The van der Waals surface area contributed by atoms with Gasteiger partial charge in [0.1, 0.15) is 18.0 Å². The normalized spacial score (nSPS) is 13.8. The van der Waals surface area contributed by atoms with Gasteiger partial charge in [0.25, 0.3) is 10.0 Å². The maximum Gasteiger partial charge on any atom is 0.265 e. The second-order valence-electron chi connectivity index (χ2n) is 7.46. The quantitative estimate of drug-likeness (QED) is 0.489. The van der Waals surface area contributed by atoms with Crippen molar-refractivity contribution in [3.05, 3.63) is 84.7 Å². The number of nitrogens with zero attached hydrogens (tertiary/aromatic N) is 2. The van der Waals surface area contributed by atoms with E-state index in [1.54, 1.807) is 67.0 Å². The molecule has 5 rings (SSSR count). The van der Waals surface area contributed by atoms with Gasteiger partial charge < -0.3 is 10.1 Å². The fraction of sp³-hybridized carbons (Fsp3) is 0.0833. The monoisotopic (exact) mass is 445 g/mol. The molecule has 0 bridgehead atoms. The molecule has 0 saturated heterocycles. The van der Waals surface area contributed by atoms with Crippen LogP contribution < -0.4 is 14.4 Å². The van der Waals surface area contributed by atoms with E-state index in [-0.39, 0.29) is 11.4 Å². The lowest BCUT2D eigenvalue weighted by atomic mass is 10.1. The van der Waals surface area contributed by atoms with Gasteiger partial charge in [-0.2, -0.15) is 0 Å². The van der Waals surface area contributed by atoms with E-state index in [1.807, 2.05) is 19.1 Å². The zero-order chi connectivity index (χ0) is 22.3. The van der Waals surface area contributed by atoms with Crippen molar-refractivity contribution < 1.29 is 17.9 Å². The highest BCUT2D eigenvalue weighted by Crippen LogP contribution is 2.41. The minimum absolute atomic E-state index is 0.228. The van der Waals surface area contributed by atoms with Gasteiger partial charge >= 0.3 is 0 Å². The van der Waals surface area contributed by atoms with Crippen molar-refractivity contribution in [3.63, 3.8) is 0 Å². The lowest BCUT2D eigenvalue weighted by molar-refractivity contribution is -0.114. The topological polar surface area (TPSA) is 88.6 Å². The van der Waals surface area contributed by atoms with Crippen molar-refractivity contribution in [2.24, 2.45) is 0 Å². The Morgan fingerprint density at radius 2 is 1.88 bits per heavy atom. The van der Waals surface area contributed by atoms with Crippen LogP contribution in [-0.2, 0) is 14.8 Å². The van der Waals surface area contributed by atoms with Crippen LogP contribution in [0.4, 0.5) is 11.4 Å². The molecule has 2 heterocycles. The molecule has 1 aliphatic rings. The molecule has 160 valence electrons. The van der Waals surface area contributed by atoms with Gasteiger partial charge in [0.15, 0.2) is 0 Å². The summed E-state index contributed by atoms with van der Waals surface area (Å²) < 4.78 is 33.1. The fourth-order valence-corrected chi connectivity index (χ4v) is 5.50. The van der Waals surface area contributed by atoms with E-state index in [4.69, 9.17) is 4.74 Å². The van der Waals surface area contributed by atoms with Gasteiger partial charge in [0.2, 0.25) is 5.91 Å². The molecule has 32 heavy (non-hydrogen) atoms. The van der Waals surface area contributed by atoms with Crippen molar-refractivity contribution in [2.75, 3.05) is 16.2 Å². The number of rotatable bonds is 5. The third-order valence-corrected chi connectivity index (χ3v) is 7.09. The molecule has 0 aliphatic carbocycles. The number of benzene rings is 3. The van der Waals surface area contributed by atoms with Crippen LogP contribution in [0.5, 0.6) is 11.5 Å². The summed E-state index contributed by atoms with van der Waals surface area (Å²) in [5.41, 5.74) is 1.89. The summed E-state index contributed by atoms with van der Waals surface area (Å²) in [6.45, 7) is 1.55. The van der Waals surface area contributed by atoms with Crippen LogP contribution >= 0.6 is 0 Å². The van der Waals surface area contributed by atoms with Crippen LogP contribution in [0.1, 0.15) is 5.56 Å². The maximum atomic E-state index is 13.0. The molecule has 4 aromatic rings. The Kier molecular flexibility index (Phi) is 4.79. The average Bonchev–Trinajstić information content (AvgIpc) is 3.00. The molecule has 3 aromatic carbocycles. The molecule has 1 aromatic heterocycles. The molecule has 0 atom stereocenters. The van der Waals surface area contributed by atoms with E-state index in [0.717, 1.165) is 15.3 Å². The average molecular weight is 446 g/mol. The minimum Gasteiger partial charge on any atom is -0.455 e. The zero-order valence-electron chi connectivity index (χ0n) is 17.1. The summed E-state index contributed by atoms with van der Waals surface area (Å²) in [5, 5.41) is 4.26. The van der Waals surface area contributed by atoms with Crippen LogP contribution in [-0.4, -0.2) is 25.9 Å². The van der Waals surface area contributed by atoms with E-state index in [2.05, 4.69) is 10.3 Å². The maximum absolute atomic E-state index is 13.0. The van der Waals surface area contributed by atoms with Crippen molar-refractivity contribution in [2.45, 2.75) is 11.8 Å². The number of anilines is 2. The van der Waals surface area contributed by atoms with Crippen molar-refractivity contribution in [1.29, 1.82) is 0 Å². The van der Waals surface area contributed by atoms with Crippen LogP contribution in [0, 0.1) is 6.92 Å². The number of sulfonamides is 1. The Hall–Kier alpha value is -3.91. The first-order valence-electron chi connectivity index (χ1n) is 9.96. The second kappa shape index (κ2) is 7.65. The molecule has 7 nitrogen and oxygen atoms in total. The molecule has 8 heteroatoms. The van der Waals surface area contributed by atoms with Gasteiger partial charge in [-0.05, 0) is 60.3 Å². The largest absolute Gasteiger partial charge is 0.455 e. The first-order valence-corrected chi connectivity index (χ1v) is 11.4. The highest BCUT2D eigenvalue weighted by molar-refractivity contribution is 7.93. The minimum atomic E-state index is -3.79. The Labute approximate surface area is 185 Å². The number of pyridine rings is 1. The predicted molar refractivity (Wildman–Crippen MR) is 123 cm³/mol.